The smallest absolute Gasteiger partial charge is 0.226 e. The molecule has 3 rings (SSSR count). The molecule has 0 bridgehead atoms. The van der Waals surface area contributed by atoms with Crippen molar-refractivity contribution in [3.63, 3.8) is 0 Å². The Balaban J connectivity index is 0.00000161. The third-order valence-corrected chi connectivity index (χ3v) is 4.05. The summed E-state index contributed by atoms with van der Waals surface area (Å²) in [5.74, 6) is 1.42. The van der Waals surface area contributed by atoms with Gasteiger partial charge >= 0.3 is 0 Å². The molecule has 114 valence electrons. The first kappa shape index (κ1) is 16.3. The highest BCUT2D eigenvalue weighted by Crippen LogP contribution is 2.18. The van der Waals surface area contributed by atoms with Gasteiger partial charge in [-0.05, 0) is 37.4 Å². The average molecular weight is 328 g/mol. The fourth-order valence-corrected chi connectivity index (χ4v) is 2.78. The van der Waals surface area contributed by atoms with Crippen LogP contribution < -0.4 is 5.32 Å². The van der Waals surface area contributed by atoms with Crippen molar-refractivity contribution in [1.82, 2.24) is 15.5 Å². The van der Waals surface area contributed by atoms with Crippen molar-refractivity contribution < 1.29 is 4.52 Å². The molecule has 4 nitrogen and oxygen atoms in total. The Hall–Kier alpha value is -1.10. The summed E-state index contributed by atoms with van der Waals surface area (Å²) in [4.78, 5) is 4.44. The molecule has 0 aliphatic carbocycles. The minimum absolute atomic E-state index is 0. The maximum Gasteiger partial charge on any atom is 0.226 e. The average Bonchev–Trinajstić information content (AvgIpc) is 3.10. The van der Waals surface area contributed by atoms with E-state index >= 15 is 0 Å². The van der Waals surface area contributed by atoms with Gasteiger partial charge in [0.2, 0.25) is 5.89 Å². The first-order chi connectivity index (χ1) is 9.81. The van der Waals surface area contributed by atoms with Crippen molar-refractivity contribution in [2.45, 2.75) is 38.1 Å². The van der Waals surface area contributed by atoms with E-state index in [1.54, 1.807) is 0 Å². The van der Waals surface area contributed by atoms with E-state index in [-0.39, 0.29) is 12.4 Å². The van der Waals surface area contributed by atoms with Crippen molar-refractivity contribution in [2.24, 2.45) is 0 Å². The van der Waals surface area contributed by atoms with Crippen LogP contribution in [0.2, 0.25) is 5.02 Å². The number of nitrogens with zero attached hydrogens (tertiary/aromatic N) is 2. The van der Waals surface area contributed by atoms with E-state index in [1.807, 2.05) is 24.3 Å². The Morgan fingerprint density at radius 3 is 2.95 bits per heavy atom. The molecule has 6 heteroatoms. The third-order valence-electron chi connectivity index (χ3n) is 3.69. The van der Waals surface area contributed by atoms with Crippen molar-refractivity contribution in [2.75, 3.05) is 6.54 Å². The summed E-state index contributed by atoms with van der Waals surface area (Å²) in [5, 5.41) is 8.25. The molecule has 0 amide bonds. The molecule has 1 atom stereocenters. The molecular formula is C15H19Cl2N3O. The van der Waals surface area contributed by atoms with E-state index in [0.29, 0.717) is 18.3 Å². The van der Waals surface area contributed by atoms with Crippen LogP contribution in [0, 0.1) is 0 Å². The van der Waals surface area contributed by atoms with Crippen molar-refractivity contribution in [3.8, 4) is 0 Å². The molecule has 0 radical (unpaired) electrons. The fraction of sp³-hybridized carbons (Fsp3) is 0.467. The first-order valence-electron chi connectivity index (χ1n) is 7.09. The van der Waals surface area contributed by atoms with Gasteiger partial charge in [0.15, 0.2) is 5.82 Å². The van der Waals surface area contributed by atoms with Gasteiger partial charge in [0.1, 0.15) is 0 Å². The summed E-state index contributed by atoms with van der Waals surface area (Å²) in [7, 11) is 0. The second-order valence-corrected chi connectivity index (χ2v) is 5.61. The normalized spacial score (nSPS) is 17.7. The standard InChI is InChI=1S/C15H18ClN3O.ClH/c16-13-6-2-1-4-11(13)10-14-18-15(20-19-14)8-7-12-5-3-9-17-12;/h1-2,4,6,12,17H,3,5,7-10H2;1H. The Bertz CT molecular complexity index is 568. The van der Waals surface area contributed by atoms with Crippen LogP contribution in [0.4, 0.5) is 0 Å². The zero-order valence-electron chi connectivity index (χ0n) is 11.7. The van der Waals surface area contributed by atoms with E-state index in [9.17, 15) is 0 Å². The van der Waals surface area contributed by atoms with Crippen LogP contribution >= 0.6 is 24.0 Å². The first-order valence-corrected chi connectivity index (χ1v) is 7.47. The number of hydrogen-bond acceptors (Lipinski definition) is 4. The molecule has 1 aromatic carbocycles. The number of aromatic nitrogens is 2. The van der Waals surface area contributed by atoms with Crippen LogP contribution in [0.25, 0.3) is 0 Å². The van der Waals surface area contributed by atoms with Crippen LogP contribution in [0.1, 0.15) is 36.5 Å². The second-order valence-electron chi connectivity index (χ2n) is 5.20. The van der Waals surface area contributed by atoms with Gasteiger partial charge in [-0.3, -0.25) is 0 Å². The minimum Gasteiger partial charge on any atom is -0.339 e. The Morgan fingerprint density at radius 2 is 2.19 bits per heavy atom. The number of aryl methyl sites for hydroxylation is 1. The SMILES string of the molecule is Cl.Clc1ccccc1Cc1noc(CCC2CCCN2)n1. The summed E-state index contributed by atoms with van der Waals surface area (Å²) >= 11 is 6.13. The maximum atomic E-state index is 6.13. The molecule has 1 saturated heterocycles. The lowest BCUT2D eigenvalue weighted by Crippen LogP contribution is -2.21. The topological polar surface area (TPSA) is 51.0 Å². The van der Waals surface area contributed by atoms with Crippen LogP contribution in [0.3, 0.4) is 0 Å². The second kappa shape index (κ2) is 7.78. The van der Waals surface area contributed by atoms with Gasteiger partial charge in [-0.15, -0.1) is 12.4 Å². The van der Waals surface area contributed by atoms with Crippen LogP contribution in [-0.2, 0) is 12.8 Å². The summed E-state index contributed by atoms with van der Waals surface area (Å²) in [6, 6.07) is 8.36. The number of nitrogens with one attached hydrogen (secondary N) is 1. The maximum absolute atomic E-state index is 6.13. The summed E-state index contributed by atoms with van der Waals surface area (Å²) in [6.07, 6.45) is 5.04. The van der Waals surface area contributed by atoms with Crippen molar-refractivity contribution in [3.05, 3.63) is 46.6 Å². The van der Waals surface area contributed by atoms with Crippen LogP contribution in [0.5, 0.6) is 0 Å². The lowest BCUT2D eigenvalue weighted by molar-refractivity contribution is 0.364. The van der Waals surface area contributed by atoms with E-state index in [2.05, 4.69) is 15.5 Å². The summed E-state index contributed by atoms with van der Waals surface area (Å²) in [6.45, 7) is 1.13. The van der Waals surface area contributed by atoms with Crippen molar-refractivity contribution in [1.29, 1.82) is 0 Å². The van der Waals surface area contributed by atoms with Crippen LogP contribution in [0.15, 0.2) is 28.8 Å². The van der Waals surface area contributed by atoms with E-state index in [1.165, 1.54) is 12.8 Å². The molecule has 1 aliphatic rings. The fourth-order valence-electron chi connectivity index (χ4n) is 2.58. The Labute approximate surface area is 135 Å². The van der Waals surface area contributed by atoms with Gasteiger partial charge in [-0.25, -0.2) is 0 Å². The van der Waals surface area contributed by atoms with E-state index in [0.717, 1.165) is 35.9 Å². The Kier molecular flexibility index (Phi) is 6.03. The molecular weight excluding hydrogens is 309 g/mol. The summed E-state index contributed by atoms with van der Waals surface area (Å²) < 4.78 is 5.30. The molecule has 2 heterocycles. The van der Waals surface area contributed by atoms with E-state index in [4.69, 9.17) is 16.1 Å². The van der Waals surface area contributed by atoms with Gasteiger partial charge in [-0.1, -0.05) is 35.0 Å². The third kappa shape index (κ3) is 4.43. The van der Waals surface area contributed by atoms with Gasteiger partial charge in [-0.2, -0.15) is 4.98 Å². The molecule has 1 aromatic heterocycles. The lowest BCUT2D eigenvalue weighted by atomic mass is 10.1. The largest absolute Gasteiger partial charge is 0.339 e. The number of halogens is 2. The highest BCUT2D eigenvalue weighted by Gasteiger charge is 2.16. The molecule has 1 aliphatic heterocycles. The minimum atomic E-state index is 0. The molecule has 1 unspecified atom stereocenters. The molecule has 1 N–H and O–H groups in total. The Morgan fingerprint density at radius 1 is 1.33 bits per heavy atom. The van der Waals surface area contributed by atoms with E-state index < -0.39 is 0 Å². The highest BCUT2D eigenvalue weighted by molar-refractivity contribution is 6.31. The number of rotatable bonds is 5. The van der Waals surface area contributed by atoms with Crippen LogP contribution in [-0.4, -0.2) is 22.7 Å². The monoisotopic (exact) mass is 327 g/mol. The van der Waals surface area contributed by atoms with Gasteiger partial charge < -0.3 is 9.84 Å². The summed E-state index contributed by atoms with van der Waals surface area (Å²) in [5.41, 5.74) is 1.03. The zero-order valence-corrected chi connectivity index (χ0v) is 13.3. The molecule has 0 saturated carbocycles. The number of benzene rings is 1. The van der Waals surface area contributed by atoms with Gasteiger partial charge in [0, 0.05) is 23.9 Å². The highest BCUT2D eigenvalue weighted by atomic mass is 35.5. The predicted molar refractivity (Wildman–Crippen MR) is 85.1 cm³/mol. The van der Waals surface area contributed by atoms with Crippen molar-refractivity contribution >= 4 is 24.0 Å². The van der Waals surface area contributed by atoms with Gasteiger partial charge in [0.25, 0.3) is 0 Å². The lowest BCUT2D eigenvalue weighted by Gasteiger charge is -2.06. The number of hydrogen-bond donors (Lipinski definition) is 1. The quantitative estimate of drug-likeness (QED) is 0.914. The molecule has 21 heavy (non-hydrogen) atoms. The molecule has 2 aromatic rings. The molecule has 0 spiro atoms. The predicted octanol–water partition coefficient (Wildman–Crippen LogP) is 3.42. The zero-order chi connectivity index (χ0) is 13.8. The molecule has 1 fully saturated rings. The van der Waals surface area contributed by atoms with Gasteiger partial charge in [0.05, 0.1) is 0 Å².